The average molecular weight is 416 g/mol. The van der Waals surface area contributed by atoms with Gasteiger partial charge in [0.15, 0.2) is 0 Å². The molecular weight excluding hydrogens is 391 g/mol. The van der Waals surface area contributed by atoms with E-state index in [-0.39, 0.29) is 30.5 Å². The van der Waals surface area contributed by atoms with E-state index < -0.39 is 12.1 Å². The maximum atomic E-state index is 12.9. The summed E-state index contributed by atoms with van der Waals surface area (Å²) in [7, 11) is 0. The highest BCUT2D eigenvalue weighted by Gasteiger charge is 2.32. The van der Waals surface area contributed by atoms with E-state index >= 15 is 0 Å². The summed E-state index contributed by atoms with van der Waals surface area (Å²) in [5.74, 6) is -0.628. The third-order valence-electron chi connectivity index (χ3n) is 4.89. The highest BCUT2D eigenvalue weighted by molar-refractivity contribution is 5.94. The van der Waals surface area contributed by atoms with Gasteiger partial charge in [0.2, 0.25) is 0 Å². The minimum atomic E-state index is -0.516. The van der Waals surface area contributed by atoms with Gasteiger partial charge in [-0.15, -0.1) is 0 Å². The van der Waals surface area contributed by atoms with Crippen molar-refractivity contribution in [2.45, 2.75) is 37.5 Å². The van der Waals surface area contributed by atoms with Gasteiger partial charge in [0, 0.05) is 24.6 Å². The van der Waals surface area contributed by atoms with Crippen LogP contribution in [0.4, 0.5) is 14.9 Å². The van der Waals surface area contributed by atoms with Crippen molar-refractivity contribution in [2.24, 2.45) is 0 Å². The zero-order chi connectivity index (χ0) is 21.3. The van der Waals surface area contributed by atoms with Crippen molar-refractivity contribution >= 4 is 17.6 Å². The summed E-state index contributed by atoms with van der Waals surface area (Å²) in [6.45, 7) is 0.162. The van der Waals surface area contributed by atoms with Gasteiger partial charge in [-0.1, -0.05) is 0 Å². The Hall–Kier alpha value is -3.04. The predicted octanol–water partition coefficient (Wildman–Crippen LogP) is 2.07. The molecule has 1 aromatic carbocycles. The number of hydrogen-bond donors (Lipinski definition) is 4. The molecule has 1 aliphatic heterocycles. The van der Waals surface area contributed by atoms with Crippen molar-refractivity contribution < 1.29 is 23.8 Å². The highest BCUT2D eigenvalue weighted by Crippen LogP contribution is 2.22. The number of carbonyl (C=O) groups is 2. The number of aliphatic hydroxyl groups excluding tert-OH is 1. The number of halogens is 1. The van der Waals surface area contributed by atoms with Crippen LogP contribution in [0.15, 0.2) is 48.8 Å². The fraction of sp³-hybridized carbons (Fsp3) is 0.381. The second-order valence-corrected chi connectivity index (χ2v) is 7.05. The van der Waals surface area contributed by atoms with Crippen LogP contribution in [0.25, 0.3) is 0 Å². The first-order chi connectivity index (χ1) is 14.5. The Kier molecular flexibility index (Phi) is 7.69. The van der Waals surface area contributed by atoms with Gasteiger partial charge in [-0.05, 0) is 55.7 Å². The standard InChI is InChI=1S/C21H25FN4O4/c22-15-3-5-16(6-4-15)25-21(29)24-11-9-17-7-8-18(19(13-27)30-17)26-20(28)14-2-1-10-23-12-14/h1-6,10,12,17-19,27H,7-9,11,13H2,(H,26,28)(H2,24,25,29)/t17-,18-,19+/m1/s1. The van der Waals surface area contributed by atoms with E-state index in [1.54, 1.807) is 18.3 Å². The first-order valence-corrected chi connectivity index (χ1v) is 9.83. The Labute approximate surface area is 173 Å². The summed E-state index contributed by atoms with van der Waals surface area (Å²) in [6, 6.07) is 8.16. The Bertz CT molecular complexity index is 835. The van der Waals surface area contributed by atoms with Crippen molar-refractivity contribution in [3.05, 3.63) is 60.2 Å². The van der Waals surface area contributed by atoms with Crippen molar-refractivity contribution in [3.63, 3.8) is 0 Å². The van der Waals surface area contributed by atoms with E-state index in [4.69, 9.17) is 4.74 Å². The summed E-state index contributed by atoms with van der Waals surface area (Å²) >= 11 is 0. The monoisotopic (exact) mass is 416 g/mol. The van der Waals surface area contributed by atoms with Crippen LogP contribution < -0.4 is 16.0 Å². The summed E-state index contributed by atoms with van der Waals surface area (Å²) in [6.07, 6.45) is 4.33. The molecule has 3 rings (SSSR count). The van der Waals surface area contributed by atoms with Gasteiger partial charge in [-0.3, -0.25) is 9.78 Å². The summed E-state index contributed by atoms with van der Waals surface area (Å²) in [4.78, 5) is 28.2. The van der Waals surface area contributed by atoms with Gasteiger partial charge in [0.1, 0.15) is 11.9 Å². The SMILES string of the molecule is O=C(NCC[C@H]1CC[C@@H](NC(=O)c2cccnc2)[C@H](CO)O1)Nc1ccc(F)cc1. The first-order valence-electron chi connectivity index (χ1n) is 9.83. The van der Waals surface area contributed by atoms with Crippen molar-refractivity contribution in [1.29, 1.82) is 0 Å². The lowest BCUT2D eigenvalue weighted by Gasteiger charge is -2.36. The van der Waals surface area contributed by atoms with Crippen LogP contribution in [-0.2, 0) is 4.74 Å². The smallest absolute Gasteiger partial charge is 0.319 e. The second-order valence-electron chi connectivity index (χ2n) is 7.05. The quantitative estimate of drug-likeness (QED) is 0.552. The number of anilines is 1. The van der Waals surface area contributed by atoms with Crippen LogP contribution in [0.3, 0.4) is 0 Å². The second kappa shape index (κ2) is 10.7. The van der Waals surface area contributed by atoms with Gasteiger partial charge < -0.3 is 25.8 Å². The summed E-state index contributed by atoms with van der Waals surface area (Å²) in [5.41, 5.74) is 0.947. The molecule has 2 heterocycles. The molecule has 0 saturated carbocycles. The molecule has 3 amide bonds. The minimum absolute atomic E-state index is 0.139. The maximum absolute atomic E-state index is 12.9. The van der Waals surface area contributed by atoms with Crippen LogP contribution in [0, 0.1) is 5.82 Å². The molecule has 1 aliphatic rings. The van der Waals surface area contributed by atoms with Crippen LogP contribution in [0.1, 0.15) is 29.6 Å². The third kappa shape index (κ3) is 6.23. The fourth-order valence-electron chi connectivity index (χ4n) is 3.31. The van der Waals surface area contributed by atoms with Crippen LogP contribution in [0.2, 0.25) is 0 Å². The average Bonchev–Trinajstić information content (AvgIpc) is 2.77. The number of benzene rings is 1. The molecule has 0 bridgehead atoms. The molecule has 1 fully saturated rings. The Morgan fingerprint density at radius 2 is 2.00 bits per heavy atom. The van der Waals surface area contributed by atoms with Crippen molar-refractivity contribution in [1.82, 2.24) is 15.6 Å². The number of amides is 3. The number of carbonyl (C=O) groups excluding carboxylic acids is 2. The number of aliphatic hydroxyl groups is 1. The van der Waals surface area contributed by atoms with Gasteiger partial charge in [-0.2, -0.15) is 0 Å². The number of ether oxygens (including phenoxy) is 1. The van der Waals surface area contributed by atoms with Gasteiger partial charge in [0.25, 0.3) is 5.91 Å². The molecule has 9 heteroatoms. The van der Waals surface area contributed by atoms with E-state index in [2.05, 4.69) is 20.9 Å². The molecular formula is C21H25FN4O4. The van der Waals surface area contributed by atoms with Gasteiger partial charge in [0.05, 0.1) is 24.3 Å². The number of aromatic nitrogens is 1. The normalized spacial score (nSPS) is 20.9. The lowest BCUT2D eigenvalue weighted by Crippen LogP contribution is -2.51. The number of urea groups is 1. The van der Waals surface area contributed by atoms with Crippen LogP contribution in [-0.4, -0.2) is 53.4 Å². The number of pyridine rings is 1. The number of nitrogens with one attached hydrogen (secondary N) is 3. The zero-order valence-corrected chi connectivity index (χ0v) is 16.4. The topological polar surface area (TPSA) is 113 Å². The Morgan fingerprint density at radius 1 is 1.20 bits per heavy atom. The maximum Gasteiger partial charge on any atom is 0.319 e. The predicted molar refractivity (Wildman–Crippen MR) is 109 cm³/mol. The Balaban J connectivity index is 1.40. The molecule has 0 spiro atoms. The number of hydrogen-bond acceptors (Lipinski definition) is 5. The van der Waals surface area contributed by atoms with E-state index in [1.165, 1.54) is 30.5 Å². The van der Waals surface area contributed by atoms with E-state index in [0.717, 1.165) is 0 Å². The van der Waals surface area contributed by atoms with Crippen molar-refractivity contribution in [3.8, 4) is 0 Å². The van der Waals surface area contributed by atoms with Crippen LogP contribution >= 0.6 is 0 Å². The van der Waals surface area contributed by atoms with E-state index in [0.29, 0.717) is 37.1 Å². The fourth-order valence-corrected chi connectivity index (χ4v) is 3.31. The van der Waals surface area contributed by atoms with Gasteiger partial charge in [-0.25, -0.2) is 9.18 Å². The molecule has 4 N–H and O–H groups in total. The first kappa shape index (κ1) is 21.7. The van der Waals surface area contributed by atoms with Crippen molar-refractivity contribution in [2.75, 3.05) is 18.5 Å². The number of nitrogens with zero attached hydrogens (tertiary/aromatic N) is 1. The minimum Gasteiger partial charge on any atom is -0.394 e. The molecule has 30 heavy (non-hydrogen) atoms. The van der Waals surface area contributed by atoms with E-state index in [9.17, 15) is 19.1 Å². The summed E-state index contributed by atoms with van der Waals surface area (Å²) in [5, 5.41) is 17.9. The van der Waals surface area contributed by atoms with E-state index in [1.807, 2.05) is 0 Å². The number of rotatable bonds is 7. The lowest BCUT2D eigenvalue weighted by molar-refractivity contribution is -0.0892. The largest absolute Gasteiger partial charge is 0.394 e. The molecule has 3 atom stereocenters. The molecule has 0 unspecified atom stereocenters. The molecule has 1 aromatic heterocycles. The molecule has 0 aliphatic carbocycles. The molecule has 0 radical (unpaired) electrons. The highest BCUT2D eigenvalue weighted by atomic mass is 19.1. The molecule has 160 valence electrons. The molecule has 1 saturated heterocycles. The van der Waals surface area contributed by atoms with Gasteiger partial charge >= 0.3 is 6.03 Å². The summed E-state index contributed by atoms with van der Waals surface area (Å²) < 4.78 is 18.8. The third-order valence-corrected chi connectivity index (χ3v) is 4.89. The molecule has 8 nitrogen and oxygen atoms in total. The zero-order valence-electron chi connectivity index (χ0n) is 16.4. The van der Waals surface area contributed by atoms with Crippen LogP contribution in [0.5, 0.6) is 0 Å². The lowest BCUT2D eigenvalue weighted by atomic mass is 9.97. The Morgan fingerprint density at radius 3 is 2.70 bits per heavy atom. The molecule has 2 aromatic rings.